The zero-order chi connectivity index (χ0) is 22.1. The van der Waals surface area contributed by atoms with Gasteiger partial charge in [-0.25, -0.2) is 4.79 Å². The van der Waals surface area contributed by atoms with E-state index in [9.17, 15) is 4.79 Å². The van der Waals surface area contributed by atoms with Crippen molar-refractivity contribution < 1.29 is 14.3 Å². The minimum Gasteiger partial charge on any atom is -0.497 e. The number of methoxy groups -OCH3 is 1. The Bertz CT molecular complexity index is 1120. The molecular weight excluding hydrogens is 424 g/mol. The van der Waals surface area contributed by atoms with Crippen LogP contribution in [0.4, 0.5) is 10.5 Å². The smallest absolute Gasteiger partial charge is 0.323 e. The van der Waals surface area contributed by atoms with E-state index < -0.39 is 5.54 Å². The summed E-state index contributed by atoms with van der Waals surface area (Å²) in [6, 6.07) is 23.1. The van der Waals surface area contributed by atoms with Gasteiger partial charge in [-0.15, -0.1) is 0 Å². The standard InChI is InChI=1S/C26H25ClN2O3/c1-31-21-12-7-18(8-13-21)16-29-24-14-11-20(27)15-23(24)26(19-9-10-19,28-25(29)30)17-32-22-5-3-2-4-6-22/h2-8,11-15,19H,9-10,16-17H2,1H3,(H,28,30). The maximum Gasteiger partial charge on any atom is 0.323 e. The van der Waals surface area contributed by atoms with Gasteiger partial charge in [-0.3, -0.25) is 4.90 Å². The Morgan fingerprint density at radius 1 is 1.03 bits per heavy atom. The number of nitrogens with zero attached hydrogens (tertiary/aromatic N) is 1. The second-order valence-electron chi connectivity index (χ2n) is 8.37. The number of carbonyl (C=O) groups excluding carboxylic acids is 1. The molecule has 2 aliphatic rings. The molecule has 1 saturated carbocycles. The number of ether oxygens (including phenoxy) is 2. The number of rotatable bonds is 7. The van der Waals surface area contributed by atoms with E-state index >= 15 is 0 Å². The summed E-state index contributed by atoms with van der Waals surface area (Å²) in [4.78, 5) is 15.2. The molecule has 1 fully saturated rings. The van der Waals surface area contributed by atoms with Crippen LogP contribution in [0.5, 0.6) is 11.5 Å². The molecule has 0 aromatic heterocycles. The van der Waals surface area contributed by atoms with E-state index in [-0.39, 0.29) is 6.03 Å². The lowest BCUT2D eigenvalue weighted by molar-refractivity contribution is 0.154. The van der Waals surface area contributed by atoms with Crippen LogP contribution in [0.2, 0.25) is 5.02 Å². The lowest BCUT2D eigenvalue weighted by Gasteiger charge is -2.44. The minimum absolute atomic E-state index is 0.126. The number of carbonyl (C=O) groups is 1. The number of anilines is 1. The third-order valence-electron chi connectivity index (χ3n) is 6.29. The summed E-state index contributed by atoms with van der Waals surface area (Å²) in [6.07, 6.45) is 2.09. The molecule has 0 spiro atoms. The van der Waals surface area contributed by atoms with E-state index in [0.29, 0.717) is 24.1 Å². The van der Waals surface area contributed by atoms with Crippen molar-refractivity contribution in [2.45, 2.75) is 24.9 Å². The average Bonchev–Trinajstić information content (AvgIpc) is 3.67. The van der Waals surface area contributed by atoms with Crippen LogP contribution in [0, 0.1) is 5.92 Å². The Labute approximate surface area is 192 Å². The fourth-order valence-electron chi connectivity index (χ4n) is 4.45. The molecule has 0 bridgehead atoms. The lowest BCUT2D eigenvalue weighted by Crippen LogP contribution is -2.60. The average molecular weight is 449 g/mol. The third kappa shape index (κ3) is 3.89. The Morgan fingerprint density at radius 2 is 1.78 bits per heavy atom. The number of hydrogen-bond donors (Lipinski definition) is 1. The van der Waals surface area contributed by atoms with Gasteiger partial charge in [0.25, 0.3) is 0 Å². The predicted octanol–water partition coefficient (Wildman–Crippen LogP) is 5.76. The molecule has 6 heteroatoms. The second kappa shape index (κ2) is 8.40. The molecule has 2 amide bonds. The molecule has 5 nitrogen and oxygen atoms in total. The number of fused-ring (bicyclic) bond motifs is 1. The highest BCUT2D eigenvalue weighted by Gasteiger charge is 2.53. The second-order valence-corrected chi connectivity index (χ2v) is 8.81. The highest BCUT2D eigenvalue weighted by atomic mass is 35.5. The van der Waals surface area contributed by atoms with Crippen LogP contribution in [0.3, 0.4) is 0 Å². The first-order chi connectivity index (χ1) is 15.6. The maximum absolute atomic E-state index is 13.4. The fraction of sp³-hybridized carbons (Fsp3) is 0.269. The van der Waals surface area contributed by atoms with E-state index in [0.717, 1.165) is 41.2 Å². The van der Waals surface area contributed by atoms with Crippen LogP contribution in [0.25, 0.3) is 0 Å². The monoisotopic (exact) mass is 448 g/mol. The molecule has 0 radical (unpaired) electrons. The van der Waals surface area contributed by atoms with Gasteiger partial charge in [-0.2, -0.15) is 0 Å². The zero-order valence-electron chi connectivity index (χ0n) is 17.9. The van der Waals surface area contributed by atoms with E-state index in [1.54, 1.807) is 12.0 Å². The Kier molecular flexibility index (Phi) is 5.43. The molecule has 32 heavy (non-hydrogen) atoms. The highest BCUT2D eigenvalue weighted by Crippen LogP contribution is 2.51. The van der Waals surface area contributed by atoms with Crippen LogP contribution in [0.15, 0.2) is 72.8 Å². The van der Waals surface area contributed by atoms with Gasteiger partial charge in [0.05, 0.1) is 19.3 Å². The molecule has 1 aliphatic carbocycles. The van der Waals surface area contributed by atoms with E-state index in [1.807, 2.05) is 72.8 Å². The Balaban J connectivity index is 1.50. The molecule has 5 rings (SSSR count). The van der Waals surface area contributed by atoms with E-state index in [2.05, 4.69) is 5.32 Å². The van der Waals surface area contributed by atoms with Crippen LogP contribution in [-0.4, -0.2) is 19.7 Å². The molecule has 1 heterocycles. The van der Waals surface area contributed by atoms with Crippen LogP contribution in [-0.2, 0) is 12.1 Å². The van der Waals surface area contributed by atoms with Gasteiger partial charge in [0.1, 0.15) is 23.6 Å². The molecule has 0 saturated heterocycles. The number of para-hydroxylation sites is 1. The largest absolute Gasteiger partial charge is 0.497 e. The zero-order valence-corrected chi connectivity index (χ0v) is 18.6. The number of benzene rings is 3. The first-order valence-electron chi connectivity index (χ1n) is 10.8. The van der Waals surface area contributed by atoms with Crippen molar-refractivity contribution in [2.24, 2.45) is 5.92 Å². The fourth-order valence-corrected chi connectivity index (χ4v) is 4.62. The van der Waals surface area contributed by atoms with Crippen molar-refractivity contribution in [2.75, 3.05) is 18.6 Å². The SMILES string of the molecule is COc1ccc(CN2C(=O)NC(COc3ccccc3)(C3CC3)c3cc(Cl)ccc32)cc1. The first kappa shape index (κ1) is 20.7. The summed E-state index contributed by atoms with van der Waals surface area (Å²) < 4.78 is 11.4. The summed E-state index contributed by atoms with van der Waals surface area (Å²) in [5.41, 5.74) is 2.29. The normalized spacial score (nSPS) is 19.8. The van der Waals surface area contributed by atoms with Gasteiger partial charge < -0.3 is 14.8 Å². The van der Waals surface area contributed by atoms with Crippen molar-refractivity contribution in [3.05, 3.63) is 88.9 Å². The van der Waals surface area contributed by atoms with Gasteiger partial charge in [-0.1, -0.05) is 41.9 Å². The quantitative estimate of drug-likeness (QED) is 0.499. The Hall–Kier alpha value is -3.18. The first-order valence-corrected chi connectivity index (χ1v) is 11.2. The molecule has 1 aliphatic heterocycles. The van der Waals surface area contributed by atoms with E-state index in [4.69, 9.17) is 21.1 Å². The van der Waals surface area contributed by atoms with Crippen LogP contribution < -0.4 is 19.7 Å². The topological polar surface area (TPSA) is 50.8 Å². The van der Waals surface area contributed by atoms with Crippen molar-refractivity contribution in [3.63, 3.8) is 0 Å². The van der Waals surface area contributed by atoms with Crippen molar-refractivity contribution in [1.29, 1.82) is 0 Å². The molecule has 164 valence electrons. The summed E-state index contributed by atoms with van der Waals surface area (Å²) in [5.74, 6) is 1.89. The number of amides is 2. The molecule has 3 aromatic carbocycles. The molecule has 1 unspecified atom stereocenters. The van der Waals surface area contributed by atoms with Gasteiger partial charge in [0, 0.05) is 10.6 Å². The van der Waals surface area contributed by atoms with Crippen molar-refractivity contribution >= 4 is 23.3 Å². The highest BCUT2D eigenvalue weighted by molar-refractivity contribution is 6.30. The van der Waals surface area contributed by atoms with Crippen LogP contribution in [0.1, 0.15) is 24.0 Å². The van der Waals surface area contributed by atoms with Crippen molar-refractivity contribution in [1.82, 2.24) is 5.32 Å². The number of hydrogen-bond acceptors (Lipinski definition) is 3. The van der Waals surface area contributed by atoms with Gasteiger partial charge in [-0.05, 0) is 66.8 Å². The molecule has 1 N–H and O–H groups in total. The maximum atomic E-state index is 13.4. The molecule has 1 atom stereocenters. The summed E-state index contributed by atoms with van der Waals surface area (Å²) in [6.45, 7) is 0.807. The third-order valence-corrected chi connectivity index (χ3v) is 6.52. The molecule has 3 aromatic rings. The predicted molar refractivity (Wildman–Crippen MR) is 125 cm³/mol. The number of halogens is 1. The van der Waals surface area contributed by atoms with E-state index in [1.165, 1.54) is 0 Å². The number of nitrogens with one attached hydrogen (secondary N) is 1. The van der Waals surface area contributed by atoms with Crippen molar-refractivity contribution in [3.8, 4) is 11.5 Å². The number of urea groups is 1. The Morgan fingerprint density at radius 3 is 2.47 bits per heavy atom. The summed E-state index contributed by atoms with van der Waals surface area (Å²) in [7, 11) is 1.64. The molecular formula is C26H25ClN2O3. The van der Waals surface area contributed by atoms with Gasteiger partial charge >= 0.3 is 6.03 Å². The van der Waals surface area contributed by atoms with Gasteiger partial charge in [0.2, 0.25) is 0 Å². The summed E-state index contributed by atoms with van der Waals surface area (Å²) >= 11 is 6.44. The lowest BCUT2D eigenvalue weighted by atomic mass is 9.82. The van der Waals surface area contributed by atoms with Crippen LogP contribution >= 0.6 is 11.6 Å². The minimum atomic E-state index is -0.608. The summed E-state index contributed by atoms with van der Waals surface area (Å²) in [5, 5.41) is 3.96. The van der Waals surface area contributed by atoms with Gasteiger partial charge in [0.15, 0.2) is 0 Å².